The summed E-state index contributed by atoms with van der Waals surface area (Å²) in [6.45, 7) is 3.87. The van der Waals surface area contributed by atoms with E-state index >= 15 is 0 Å². The molecule has 88 valence electrons. The van der Waals surface area contributed by atoms with Crippen molar-refractivity contribution in [2.75, 3.05) is 49.6 Å². The molecule has 6 nitrogen and oxygen atoms in total. The summed E-state index contributed by atoms with van der Waals surface area (Å²) in [6.07, 6.45) is 0. The van der Waals surface area contributed by atoms with Gasteiger partial charge in [-0.05, 0) is 7.05 Å². The van der Waals surface area contributed by atoms with E-state index in [-0.39, 0.29) is 11.6 Å². The molecule has 2 heterocycles. The Bertz CT molecular complexity index is 364. The largest absolute Gasteiger partial charge is 0.740 e. The van der Waals surface area contributed by atoms with E-state index in [1.54, 1.807) is 12.1 Å². The summed E-state index contributed by atoms with van der Waals surface area (Å²) in [5.74, 6) is 0.294. The van der Waals surface area contributed by atoms with Crippen LogP contribution in [0.3, 0.4) is 0 Å². The third-order valence-corrected chi connectivity index (χ3v) is 2.93. The molecule has 4 N–H and O–H groups in total. The van der Waals surface area contributed by atoms with Crippen molar-refractivity contribution >= 4 is 17.3 Å². The SMILES string of the molecule is CN1CCN(c2cc(N)[n+]([O-])c(N)c2)CC1. The van der Waals surface area contributed by atoms with Crippen LogP contribution < -0.4 is 21.1 Å². The lowest BCUT2D eigenvalue weighted by Gasteiger charge is -2.34. The molecule has 0 saturated carbocycles. The van der Waals surface area contributed by atoms with Crippen LogP contribution in [0.1, 0.15) is 0 Å². The Morgan fingerprint density at radius 2 is 1.62 bits per heavy atom. The quantitative estimate of drug-likeness (QED) is 0.482. The number of likely N-dealkylation sites (N-methyl/N-ethyl adjacent to an activating group) is 1. The molecule has 0 aliphatic carbocycles. The first-order chi connectivity index (χ1) is 7.58. The molecule has 0 spiro atoms. The maximum atomic E-state index is 11.3. The van der Waals surface area contributed by atoms with Crippen LogP contribution in [0.25, 0.3) is 0 Å². The van der Waals surface area contributed by atoms with Crippen molar-refractivity contribution in [2.24, 2.45) is 0 Å². The summed E-state index contributed by atoms with van der Waals surface area (Å²) in [5.41, 5.74) is 12.1. The molecular weight excluding hydrogens is 206 g/mol. The van der Waals surface area contributed by atoms with E-state index in [9.17, 15) is 5.21 Å². The zero-order chi connectivity index (χ0) is 11.7. The van der Waals surface area contributed by atoms with Gasteiger partial charge in [-0.15, -0.1) is 0 Å². The number of nitrogens with two attached hydrogens (primary N) is 2. The number of hydrogen-bond acceptors (Lipinski definition) is 5. The first kappa shape index (κ1) is 10.8. The Morgan fingerprint density at radius 3 is 2.12 bits per heavy atom. The molecule has 1 saturated heterocycles. The summed E-state index contributed by atoms with van der Waals surface area (Å²) in [7, 11) is 2.09. The van der Waals surface area contributed by atoms with Crippen LogP contribution in [-0.4, -0.2) is 38.1 Å². The second kappa shape index (κ2) is 4.05. The Hall–Kier alpha value is -1.69. The van der Waals surface area contributed by atoms with Crippen molar-refractivity contribution in [3.8, 4) is 0 Å². The second-order valence-corrected chi connectivity index (χ2v) is 4.15. The molecule has 1 aromatic rings. The van der Waals surface area contributed by atoms with E-state index in [1.165, 1.54) is 0 Å². The van der Waals surface area contributed by atoms with Gasteiger partial charge in [-0.3, -0.25) is 0 Å². The predicted octanol–water partition coefficient (Wildman–Crippen LogP) is -0.764. The van der Waals surface area contributed by atoms with E-state index in [0.717, 1.165) is 31.9 Å². The third kappa shape index (κ3) is 1.96. The Labute approximate surface area is 94.6 Å². The van der Waals surface area contributed by atoms with Crippen molar-refractivity contribution in [3.63, 3.8) is 0 Å². The highest BCUT2D eigenvalue weighted by Gasteiger charge is 2.16. The number of nitrogens with zero attached hydrogens (tertiary/aromatic N) is 3. The minimum absolute atomic E-state index is 0.147. The molecule has 0 radical (unpaired) electrons. The monoisotopic (exact) mass is 223 g/mol. The summed E-state index contributed by atoms with van der Waals surface area (Å²) >= 11 is 0. The Morgan fingerprint density at radius 1 is 1.12 bits per heavy atom. The van der Waals surface area contributed by atoms with Gasteiger partial charge in [0.05, 0.1) is 0 Å². The average molecular weight is 223 g/mol. The zero-order valence-electron chi connectivity index (χ0n) is 9.39. The van der Waals surface area contributed by atoms with E-state index in [2.05, 4.69) is 16.8 Å². The van der Waals surface area contributed by atoms with Crippen LogP contribution in [0.2, 0.25) is 0 Å². The molecule has 16 heavy (non-hydrogen) atoms. The minimum atomic E-state index is 0.147. The van der Waals surface area contributed by atoms with Crippen LogP contribution in [0, 0.1) is 5.21 Å². The van der Waals surface area contributed by atoms with Gasteiger partial charge in [-0.2, -0.15) is 0 Å². The van der Waals surface area contributed by atoms with Crippen molar-refractivity contribution < 1.29 is 4.73 Å². The second-order valence-electron chi connectivity index (χ2n) is 4.15. The summed E-state index contributed by atoms with van der Waals surface area (Å²) < 4.78 is 0.541. The lowest BCUT2D eigenvalue weighted by Crippen LogP contribution is -2.45. The molecule has 0 unspecified atom stereocenters. The van der Waals surface area contributed by atoms with Crippen molar-refractivity contribution in [3.05, 3.63) is 17.3 Å². The van der Waals surface area contributed by atoms with Crippen molar-refractivity contribution in [2.45, 2.75) is 0 Å². The molecule has 6 heteroatoms. The fraction of sp³-hybridized carbons (Fsp3) is 0.500. The standard InChI is InChI=1S/C10H17N5O/c1-13-2-4-14(5-3-13)8-6-9(11)15(16)10(12)7-8/h6-7H,2-5,11-12H2,1H3. The number of aromatic nitrogens is 1. The number of rotatable bonds is 1. The van der Waals surface area contributed by atoms with Crippen LogP contribution in [0.5, 0.6) is 0 Å². The predicted molar refractivity (Wildman–Crippen MR) is 63.9 cm³/mol. The van der Waals surface area contributed by atoms with Crippen LogP contribution in [0.15, 0.2) is 12.1 Å². The number of hydrogen-bond donors (Lipinski definition) is 2. The highest BCUT2D eigenvalue weighted by Crippen LogP contribution is 2.19. The highest BCUT2D eigenvalue weighted by atomic mass is 16.5. The van der Waals surface area contributed by atoms with Gasteiger partial charge in [0.25, 0.3) is 0 Å². The van der Waals surface area contributed by atoms with E-state index in [4.69, 9.17) is 11.5 Å². The van der Waals surface area contributed by atoms with Gasteiger partial charge in [-0.25, -0.2) is 4.73 Å². The smallest absolute Gasteiger partial charge is 0.221 e. The van der Waals surface area contributed by atoms with Crippen LogP contribution in [-0.2, 0) is 0 Å². The first-order valence-electron chi connectivity index (χ1n) is 5.30. The van der Waals surface area contributed by atoms with Crippen molar-refractivity contribution in [1.29, 1.82) is 0 Å². The Balaban J connectivity index is 2.21. The normalized spacial score (nSPS) is 17.7. The lowest BCUT2D eigenvalue weighted by atomic mass is 10.2. The molecule has 1 aliphatic rings. The maximum absolute atomic E-state index is 11.3. The molecule has 0 bridgehead atoms. The van der Waals surface area contributed by atoms with Gasteiger partial charge in [-0.1, -0.05) is 0 Å². The molecule has 1 aliphatic heterocycles. The van der Waals surface area contributed by atoms with E-state index in [0.29, 0.717) is 4.73 Å². The van der Waals surface area contributed by atoms with E-state index in [1.807, 2.05) is 0 Å². The number of nitrogen functional groups attached to an aromatic ring is 2. The molecule has 0 aromatic carbocycles. The molecule has 0 amide bonds. The Kier molecular flexibility index (Phi) is 2.74. The fourth-order valence-corrected chi connectivity index (χ4v) is 1.86. The van der Waals surface area contributed by atoms with E-state index < -0.39 is 0 Å². The molecular formula is C10H17N5O. The van der Waals surface area contributed by atoms with Gasteiger partial charge >= 0.3 is 0 Å². The first-order valence-corrected chi connectivity index (χ1v) is 5.30. The van der Waals surface area contributed by atoms with Gasteiger partial charge in [0.2, 0.25) is 11.6 Å². The number of anilines is 3. The fourth-order valence-electron chi connectivity index (χ4n) is 1.86. The van der Waals surface area contributed by atoms with Crippen LogP contribution >= 0.6 is 0 Å². The van der Waals surface area contributed by atoms with Crippen molar-refractivity contribution in [1.82, 2.24) is 4.90 Å². The van der Waals surface area contributed by atoms with Gasteiger partial charge in [0.15, 0.2) is 0 Å². The highest BCUT2D eigenvalue weighted by molar-refractivity contribution is 5.55. The summed E-state index contributed by atoms with van der Waals surface area (Å²) in [5, 5.41) is 11.3. The zero-order valence-corrected chi connectivity index (χ0v) is 9.39. The topological polar surface area (TPSA) is 85.5 Å². The van der Waals surface area contributed by atoms with Gasteiger partial charge in [0, 0.05) is 44.0 Å². The maximum Gasteiger partial charge on any atom is 0.221 e. The molecule has 1 fully saturated rings. The average Bonchev–Trinajstić information content (AvgIpc) is 2.26. The number of pyridine rings is 1. The number of piperazine rings is 1. The summed E-state index contributed by atoms with van der Waals surface area (Å²) in [6, 6.07) is 3.35. The third-order valence-electron chi connectivity index (χ3n) is 2.93. The van der Waals surface area contributed by atoms with Gasteiger partial charge < -0.3 is 26.5 Å². The summed E-state index contributed by atoms with van der Waals surface area (Å²) in [4.78, 5) is 4.45. The van der Waals surface area contributed by atoms with Crippen LogP contribution in [0.4, 0.5) is 17.3 Å². The molecule has 1 aromatic heterocycles. The minimum Gasteiger partial charge on any atom is -0.740 e. The lowest BCUT2D eigenvalue weighted by molar-refractivity contribution is -0.574. The molecule has 0 atom stereocenters. The molecule has 2 rings (SSSR count). The van der Waals surface area contributed by atoms with Gasteiger partial charge in [0.1, 0.15) is 0 Å².